The fourth-order valence-corrected chi connectivity index (χ4v) is 4.16. The first kappa shape index (κ1) is 23.1. The largest absolute Gasteiger partial charge is 0.464 e. The first-order valence-electron chi connectivity index (χ1n) is 10.0. The highest BCUT2D eigenvalue weighted by atomic mass is 16.7. The van der Waals surface area contributed by atoms with Gasteiger partial charge in [0.1, 0.15) is 0 Å². The van der Waals surface area contributed by atoms with Gasteiger partial charge in [-0.1, -0.05) is 13.8 Å². The second-order valence-electron chi connectivity index (χ2n) is 9.14. The summed E-state index contributed by atoms with van der Waals surface area (Å²) >= 11 is 0. The molecule has 8 nitrogen and oxygen atoms in total. The summed E-state index contributed by atoms with van der Waals surface area (Å²) in [7, 11) is 0. The van der Waals surface area contributed by atoms with Crippen LogP contribution in [0.4, 0.5) is 0 Å². The standard InChI is InChI=1S/C20H35NO7/c1-8-24-16(22)15(17(23)25-11-14(2)3)28-21-18(4,5)12-20(13-19(21,6)7)26-9-10-27-20/h14-15H,8-13H2,1-7H3. The summed E-state index contributed by atoms with van der Waals surface area (Å²) < 4.78 is 22.2. The maximum absolute atomic E-state index is 12.6. The minimum Gasteiger partial charge on any atom is -0.464 e. The molecule has 0 radical (unpaired) electrons. The van der Waals surface area contributed by atoms with Gasteiger partial charge < -0.3 is 18.9 Å². The number of nitrogens with zero attached hydrogens (tertiary/aromatic N) is 1. The smallest absolute Gasteiger partial charge is 0.349 e. The Morgan fingerprint density at radius 3 is 1.93 bits per heavy atom. The molecular formula is C20H35NO7. The summed E-state index contributed by atoms with van der Waals surface area (Å²) in [6.45, 7) is 14.9. The van der Waals surface area contributed by atoms with E-state index in [-0.39, 0.29) is 19.1 Å². The molecule has 2 saturated heterocycles. The molecule has 2 aliphatic heterocycles. The lowest BCUT2D eigenvalue weighted by Crippen LogP contribution is -2.67. The van der Waals surface area contributed by atoms with Crippen LogP contribution in [-0.2, 0) is 33.4 Å². The van der Waals surface area contributed by atoms with Gasteiger partial charge >= 0.3 is 11.9 Å². The zero-order chi connectivity index (χ0) is 21.2. The van der Waals surface area contributed by atoms with Crippen molar-refractivity contribution in [1.29, 1.82) is 0 Å². The monoisotopic (exact) mass is 401 g/mol. The van der Waals surface area contributed by atoms with Gasteiger partial charge in [0.2, 0.25) is 0 Å². The van der Waals surface area contributed by atoms with Gasteiger partial charge in [0.15, 0.2) is 5.79 Å². The van der Waals surface area contributed by atoms with Crippen molar-refractivity contribution < 1.29 is 33.4 Å². The lowest BCUT2D eigenvalue weighted by Gasteiger charge is -2.56. The molecule has 1 atom stereocenters. The quantitative estimate of drug-likeness (QED) is 0.475. The van der Waals surface area contributed by atoms with Crippen molar-refractivity contribution >= 4 is 11.9 Å². The average molecular weight is 402 g/mol. The molecule has 2 heterocycles. The van der Waals surface area contributed by atoms with E-state index in [0.717, 1.165) is 0 Å². The molecular weight excluding hydrogens is 366 g/mol. The fourth-order valence-electron chi connectivity index (χ4n) is 4.16. The third-order valence-corrected chi connectivity index (χ3v) is 4.80. The van der Waals surface area contributed by atoms with Crippen molar-refractivity contribution in [2.45, 2.75) is 84.3 Å². The van der Waals surface area contributed by atoms with Gasteiger partial charge in [0.25, 0.3) is 6.10 Å². The fraction of sp³-hybridized carbons (Fsp3) is 0.900. The number of carbonyl (C=O) groups is 2. The van der Waals surface area contributed by atoms with Crippen LogP contribution in [-0.4, -0.2) is 66.4 Å². The molecule has 162 valence electrons. The van der Waals surface area contributed by atoms with Crippen molar-refractivity contribution in [2.24, 2.45) is 5.92 Å². The predicted octanol–water partition coefficient (Wildman–Crippen LogP) is 2.45. The maximum Gasteiger partial charge on any atom is 0.349 e. The van der Waals surface area contributed by atoms with Crippen LogP contribution in [0.5, 0.6) is 0 Å². The normalized spacial score (nSPS) is 24.3. The van der Waals surface area contributed by atoms with Crippen LogP contribution in [0, 0.1) is 5.92 Å². The highest BCUT2D eigenvalue weighted by Gasteiger charge is 2.57. The zero-order valence-corrected chi connectivity index (χ0v) is 18.2. The van der Waals surface area contributed by atoms with Crippen LogP contribution in [0.2, 0.25) is 0 Å². The molecule has 1 unspecified atom stereocenters. The molecule has 8 heteroatoms. The van der Waals surface area contributed by atoms with E-state index in [4.69, 9.17) is 23.8 Å². The molecule has 0 aromatic heterocycles. The van der Waals surface area contributed by atoms with Crippen LogP contribution in [0.1, 0.15) is 61.3 Å². The molecule has 0 N–H and O–H groups in total. The molecule has 0 aromatic carbocycles. The second-order valence-corrected chi connectivity index (χ2v) is 9.14. The number of carbonyl (C=O) groups excluding carboxylic acids is 2. The van der Waals surface area contributed by atoms with E-state index in [9.17, 15) is 9.59 Å². The number of ether oxygens (including phenoxy) is 4. The number of hydrogen-bond donors (Lipinski definition) is 0. The lowest BCUT2D eigenvalue weighted by atomic mass is 9.78. The van der Waals surface area contributed by atoms with Crippen molar-refractivity contribution in [1.82, 2.24) is 5.06 Å². The summed E-state index contributed by atoms with van der Waals surface area (Å²) in [5.41, 5.74) is -1.12. The van der Waals surface area contributed by atoms with Crippen molar-refractivity contribution in [3.05, 3.63) is 0 Å². The number of hydrogen-bond acceptors (Lipinski definition) is 8. The lowest BCUT2D eigenvalue weighted by molar-refractivity contribution is -0.344. The second kappa shape index (κ2) is 8.65. The molecule has 0 bridgehead atoms. The van der Waals surface area contributed by atoms with E-state index in [1.807, 2.05) is 41.5 Å². The van der Waals surface area contributed by atoms with Gasteiger partial charge in [-0.2, -0.15) is 5.06 Å². The minimum atomic E-state index is -1.48. The van der Waals surface area contributed by atoms with Gasteiger partial charge in [-0.15, -0.1) is 0 Å². The summed E-state index contributed by atoms with van der Waals surface area (Å²) in [5, 5.41) is 1.70. The maximum atomic E-state index is 12.6. The van der Waals surface area contributed by atoms with E-state index >= 15 is 0 Å². The minimum absolute atomic E-state index is 0.145. The number of rotatable bonds is 7. The van der Waals surface area contributed by atoms with E-state index < -0.39 is 34.9 Å². The van der Waals surface area contributed by atoms with Crippen LogP contribution in [0.25, 0.3) is 0 Å². The average Bonchev–Trinajstić information content (AvgIpc) is 2.97. The Morgan fingerprint density at radius 2 is 1.46 bits per heavy atom. The Balaban J connectivity index is 2.23. The molecule has 28 heavy (non-hydrogen) atoms. The van der Waals surface area contributed by atoms with E-state index in [2.05, 4.69) is 0 Å². The molecule has 2 fully saturated rings. The van der Waals surface area contributed by atoms with Gasteiger partial charge in [-0.25, -0.2) is 9.59 Å². The molecule has 0 aliphatic carbocycles. The molecule has 0 saturated carbocycles. The van der Waals surface area contributed by atoms with E-state index in [0.29, 0.717) is 26.1 Å². The third-order valence-electron chi connectivity index (χ3n) is 4.80. The number of hydroxylamine groups is 2. The summed E-state index contributed by atoms with van der Waals surface area (Å²) in [6, 6.07) is 0. The Kier molecular flexibility index (Phi) is 7.12. The van der Waals surface area contributed by atoms with Crippen LogP contribution >= 0.6 is 0 Å². The Hall–Kier alpha value is -1.22. The highest BCUT2D eigenvalue weighted by Crippen LogP contribution is 2.47. The summed E-state index contributed by atoms with van der Waals surface area (Å²) in [5.74, 6) is -2.03. The Bertz CT molecular complexity index is 547. The molecule has 1 spiro atoms. The van der Waals surface area contributed by atoms with Crippen LogP contribution in [0.3, 0.4) is 0 Å². The van der Waals surface area contributed by atoms with Gasteiger partial charge in [-0.3, -0.25) is 4.84 Å². The van der Waals surface area contributed by atoms with Gasteiger partial charge in [-0.05, 0) is 40.5 Å². The SMILES string of the molecule is CCOC(=O)C(ON1C(C)(C)CC2(CC1(C)C)OCCO2)C(=O)OCC(C)C. The van der Waals surface area contributed by atoms with E-state index in [1.54, 1.807) is 12.0 Å². The number of piperidine rings is 1. The zero-order valence-electron chi connectivity index (χ0n) is 18.2. The topological polar surface area (TPSA) is 83.5 Å². The van der Waals surface area contributed by atoms with Crippen molar-refractivity contribution in [3.8, 4) is 0 Å². The molecule has 2 aliphatic rings. The molecule has 0 aromatic rings. The van der Waals surface area contributed by atoms with Crippen LogP contribution in [0.15, 0.2) is 0 Å². The number of esters is 2. The Labute approximate surface area is 167 Å². The van der Waals surface area contributed by atoms with E-state index in [1.165, 1.54) is 0 Å². The summed E-state index contributed by atoms with van der Waals surface area (Å²) in [4.78, 5) is 31.0. The van der Waals surface area contributed by atoms with Gasteiger partial charge in [0.05, 0.1) is 26.4 Å². The molecule has 2 rings (SSSR count). The third kappa shape index (κ3) is 5.23. The van der Waals surface area contributed by atoms with Gasteiger partial charge in [0, 0.05) is 23.9 Å². The highest BCUT2D eigenvalue weighted by molar-refractivity contribution is 5.98. The van der Waals surface area contributed by atoms with Crippen molar-refractivity contribution in [2.75, 3.05) is 26.4 Å². The first-order chi connectivity index (χ1) is 12.9. The Morgan fingerprint density at radius 1 is 0.964 bits per heavy atom. The van der Waals surface area contributed by atoms with Crippen molar-refractivity contribution in [3.63, 3.8) is 0 Å². The molecule has 0 amide bonds. The predicted molar refractivity (Wildman–Crippen MR) is 101 cm³/mol. The first-order valence-corrected chi connectivity index (χ1v) is 10.0. The van der Waals surface area contributed by atoms with Crippen LogP contribution < -0.4 is 0 Å². The summed E-state index contributed by atoms with van der Waals surface area (Å²) in [6.07, 6.45) is -0.392.